The number of halogens is 3. The molecule has 0 spiro atoms. The first-order chi connectivity index (χ1) is 9.49. The molecule has 0 amide bonds. The molecule has 0 saturated carbocycles. The quantitative estimate of drug-likeness (QED) is 0.904. The third kappa shape index (κ3) is 4.21. The van der Waals surface area contributed by atoms with Gasteiger partial charge in [-0.05, 0) is 25.8 Å². The number of nitrogens with zero attached hydrogens (tertiary/aromatic N) is 3. The predicted octanol–water partition coefficient (Wildman–Crippen LogP) is 2.18. The van der Waals surface area contributed by atoms with Gasteiger partial charge in [0.25, 0.3) is 0 Å². The van der Waals surface area contributed by atoms with E-state index in [1.165, 1.54) is 12.4 Å². The lowest BCUT2D eigenvalue weighted by Crippen LogP contribution is -2.40. The van der Waals surface area contributed by atoms with Gasteiger partial charge in [0, 0.05) is 25.0 Å². The van der Waals surface area contributed by atoms with Crippen LogP contribution in [-0.2, 0) is 13.1 Å². The Bertz CT molecular complexity index is 417. The Kier molecular flexibility index (Phi) is 5.04. The fourth-order valence-electron chi connectivity index (χ4n) is 2.75. The molecule has 1 saturated heterocycles. The fraction of sp³-hybridized carbons (Fsp3) is 0.769. The Hall–Kier alpha value is -1.08. The lowest BCUT2D eigenvalue weighted by atomic mass is 10.00. The van der Waals surface area contributed by atoms with Crippen LogP contribution >= 0.6 is 0 Å². The summed E-state index contributed by atoms with van der Waals surface area (Å²) in [5.41, 5.74) is 0. The summed E-state index contributed by atoms with van der Waals surface area (Å²) in [5, 5.41) is 9.07. The van der Waals surface area contributed by atoms with E-state index < -0.39 is 12.7 Å². The van der Waals surface area contributed by atoms with Crippen molar-refractivity contribution in [3.05, 3.63) is 18.2 Å². The monoisotopic (exact) mass is 291 g/mol. The number of aliphatic hydroxyl groups excluding tert-OH is 1. The van der Waals surface area contributed by atoms with Crippen molar-refractivity contribution in [2.75, 3.05) is 13.2 Å². The zero-order valence-electron chi connectivity index (χ0n) is 11.3. The van der Waals surface area contributed by atoms with E-state index in [0.29, 0.717) is 18.8 Å². The first-order valence-corrected chi connectivity index (χ1v) is 6.91. The molecule has 1 atom stereocenters. The van der Waals surface area contributed by atoms with Gasteiger partial charge in [-0.25, -0.2) is 4.98 Å². The molecule has 7 heteroatoms. The second-order valence-corrected chi connectivity index (χ2v) is 5.22. The van der Waals surface area contributed by atoms with Gasteiger partial charge in [0.05, 0.1) is 6.54 Å². The fourth-order valence-corrected chi connectivity index (χ4v) is 2.75. The van der Waals surface area contributed by atoms with E-state index in [1.54, 1.807) is 0 Å². The Morgan fingerprint density at radius 1 is 1.35 bits per heavy atom. The van der Waals surface area contributed by atoms with Gasteiger partial charge in [-0.2, -0.15) is 13.2 Å². The van der Waals surface area contributed by atoms with E-state index in [2.05, 4.69) is 9.88 Å². The lowest BCUT2D eigenvalue weighted by molar-refractivity contribution is -0.141. The van der Waals surface area contributed by atoms with Gasteiger partial charge in [-0.15, -0.1) is 0 Å². The molecular weight excluding hydrogens is 271 g/mol. The summed E-state index contributed by atoms with van der Waals surface area (Å²) in [6.45, 7) is 0.371. The van der Waals surface area contributed by atoms with Gasteiger partial charge in [0.1, 0.15) is 12.4 Å². The van der Waals surface area contributed by atoms with Crippen LogP contribution < -0.4 is 0 Å². The van der Waals surface area contributed by atoms with Crippen LogP contribution in [0, 0.1) is 0 Å². The number of imidazole rings is 1. The predicted molar refractivity (Wildman–Crippen MR) is 68.0 cm³/mol. The van der Waals surface area contributed by atoms with Crippen LogP contribution in [-0.4, -0.2) is 44.9 Å². The maximum absolute atomic E-state index is 12.5. The molecule has 20 heavy (non-hydrogen) atoms. The summed E-state index contributed by atoms with van der Waals surface area (Å²) in [7, 11) is 0. The molecule has 114 valence electrons. The smallest absolute Gasteiger partial charge is 0.396 e. The summed E-state index contributed by atoms with van der Waals surface area (Å²) in [6, 6.07) is 0.241. The van der Waals surface area contributed by atoms with Gasteiger partial charge >= 0.3 is 6.18 Å². The number of aromatic nitrogens is 2. The van der Waals surface area contributed by atoms with Gasteiger partial charge in [0.2, 0.25) is 0 Å². The molecule has 1 aliphatic heterocycles. The number of piperidine rings is 1. The highest BCUT2D eigenvalue weighted by Gasteiger charge is 2.30. The Morgan fingerprint density at radius 2 is 2.15 bits per heavy atom. The molecule has 2 heterocycles. The van der Waals surface area contributed by atoms with Crippen LogP contribution in [0.1, 0.15) is 31.5 Å². The maximum Gasteiger partial charge on any atom is 0.406 e. The standard InChI is InChI=1S/C13H20F3N3O/c14-13(15,16)10-19-7-5-17-12(19)9-18-6-2-1-3-11(18)4-8-20/h5,7,11,20H,1-4,6,8-10H2. The van der Waals surface area contributed by atoms with Crippen LogP contribution in [0.3, 0.4) is 0 Å². The van der Waals surface area contributed by atoms with Gasteiger partial charge in [-0.3, -0.25) is 4.90 Å². The number of likely N-dealkylation sites (tertiary alicyclic amines) is 1. The molecular formula is C13H20F3N3O. The molecule has 0 aromatic carbocycles. The summed E-state index contributed by atoms with van der Waals surface area (Å²) in [5.74, 6) is 0.437. The average molecular weight is 291 g/mol. The molecule has 0 radical (unpaired) electrons. The third-order valence-corrected chi connectivity index (χ3v) is 3.71. The highest BCUT2D eigenvalue weighted by molar-refractivity contribution is 4.94. The third-order valence-electron chi connectivity index (χ3n) is 3.71. The van der Waals surface area contributed by atoms with Crippen molar-refractivity contribution >= 4 is 0 Å². The van der Waals surface area contributed by atoms with Crippen molar-refractivity contribution in [3.63, 3.8) is 0 Å². The minimum atomic E-state index is -4.23. The van der Waals surface area contributed by atoms with E-state index in [-0.39, 0.29) is 12.6 Å². The van der Waals surface area contributed by atoms with Crippen molar-refractivity contribution in [2.24, 2.45) is 0 Å². The summed E-state index contributed by atoms with van der Waals surface area (Å²) in [6.07, 6.45) is 2.35. The number of hydrogen-bond donors (Lipinski definition) is 1. The van der Waals surface area contributed by atoms with Gasteiger partial charge in [-0.1, -0.05) is 6.42 Å². The van der Waals surface area contributed by atoms with Crippen LogP contribution in [0.25, 0.3) is 0 Å². The number of alkyl halides is 3. The average Bonchev–Trinajstić information content (AvgIpc) is 2.77. The largest absolute Gasteiger partial charge is 0.406 e. The normalized spacial score (nSPS) is 21.3. The Labute approximate surface area is 116 Å². The van der Waals surface area contributed by atoms with E-state index in [9.17, 15) is 13.2 Å². The second kappa shape index (κ2) is 6.58. The first-order valence-electron chi connectivity index (χ1n) is 6.91. The second-order valence-electron chi connectivity index (χ2n) is 5.22. The summed E-state index contributed by atoms with van der Waals surface area (Å²) < 4.78 is 38.6. The molecule has 0 bridgehead atoms. The maximum atomic E-state index is 12.5. The molecule has 4 nitrogen and oxygen atoms in total. The van der Waals surface area contributed by atoms with E-state index >= 15 is 0 Å². The first kappa shape index (κ1) is 15.3. The van der Waals surface area contributed by atoms with E-state index in [1.807, 2.05) is 0 Å². The van der Waals surface area contributed by atoms with Crippen molar-refractivity contribution in [2.45, 2.75) is 51.0 Å². The van der Waals surface area contributed by atoms with E-state index in [4.69, 9.17) is 5.11 Å². The molecule has 1 fully saturated rings. The minimum Gasteiger partial charge on any atom is -0.396 e. The van der Waals surface area contributed by atoms with Crippen LogP contribution in [0.2, 0.25) is 0 Å². The van der Waals surface area contributed by atoms with Crippen LogP contribution in [0.4, 0.5) is 13.2 Å². The zero-order valence-corrected chi connectivity index (χ0v) is 11.3. The number of hydrogen-bond acceptors (Lipinski definition) is 3. The van der Waals surface area contributed by atoms with Crippen molar-refractivity contribution in [3.8, 4) is 0 Å². The molecule has 2 rings (SSSR count). The van der Waals surface area contributed by atoms with Crippen molar-refractivity contribution in [1.29, 1.82) is 0 Å². The molecule has 1 aromatic heterocycles. The molecule has 0 aliphatic carbocycles. The van der Waals surface area contributed by atoms with Gasteiger partial charge < -0.3 is 9.67 Å². The Morgan fingerprint density at radius 3 is 2.85 bits per heavy atom. The molecule has 1 aliphatic rings. The summed E-state index contributed by atoms with van der Waals surface area (Å²) in [4.78, 5) is 6.18. The SMILES string of the molecule is OCCC1CCCCN1Cc1nccn1CC(F)(F)F. The summed E-state index contributed by atoms with van der Waals surface area (Å²) >= 11 is 0. The number of aliphatic hydroxyl groups is 1. The lowest BCUT2D eigenvalue weighted by Gasteiger charge is -2.35. The highest BCUT2D eigenvalue weighted by Crippen LogP contribution is 2.23. The number of rotatable bonds is 5. The molecule has 1 aromatic rings. The minimum absolute atomic E-state index is 0.109. The van der Waals surface area contributed by atoms with Crippen molar-refractivity contribution < 1.29 is 18.3 Å². The zero-order chi connectivity index (χ0) is 14.6. The Balaban J connectivity index is 2.03. The van der Waals surface area contributed by atoms with Crippen LogP contribution in [0.15, 0.2) is 12.4 Å². The topological polar surface area (TPSA) is 41.3 Å². The van der Waals surface area contributed by atoms with E-state index in [0.717, 1.165) is 30.4 Å². The van der Waals surface area contributed by atoms with Crippen molar-refractivity contribution in [1.82, 2.24) is 14.5 Å². The van der Waals surface area contributed by atoms with Crippen LogP contribution in [0.5, 0.6) is 0 Å². The highest BCUT2D eigenvalue weighted by atomic mass is 19.4. The molecule has 1 unspecified atom stereocenters. The van der Waals surface area contributed by atoms with Gasteiger partial charge in [0.15, 0.2) is 0 Å². The molecule has 1 N–H and O–H groups in total.